The first-order chi connectivity index (χ1) is 16.4. The Morgan fingerprint density at radius 3 is 1.51 bits per heavy atom. The fraction of sp³-hybridized carbons (Fsp3) is 0.440. The van der Waals surface area contributed by atoms with Gasteiger partial charge in [0.05, 0.1) is 0 Å². The van der Waals surface area contributed by atoms with E-state index in [1.165, 1.54) is 23.1 Å². The summed E-state index contributed by atoms with van der Waals surface area (Å²) >= 11 is 9.54. The molecule has 0 unspecified atom stereocenters. The summed E-state index contributed by atoms with van der Waals surface area (Å²) in [6.45, 7) is 10.3. The quantitative estimate of drug-likeness (QED) is 0.107. The van der Waals surface area contributed by atoms with Crippen molar-refractivity contribution in [1.82, 2.24) is 5.48 Å². The second-order valence-electron chi connectivity index (χ2n) is 6.88. The van der Waals surface area contributed by atoms with Gasteiger partial charge in [-0.3, -0.25) is 4.79 Å². The average Bonchev–Trinajstić information content (AvgIpc) is 2.87. The van der Waals surface area contributed by atoms with Gasteiger partial charge in [0.1, 0.15) is 19.9 Å². The summed E-state index contributed by atoms with van der Waals surface area (Å²) in [7, 11) is 2.12. The Bertz CT molecular complexity index is 713. The van der Waals surface area contributed by atoms with Crippen LogP contribution in [0.3, 0.4) is 0 Å². The average molecular weight is 1160 g/mol. The molecule has 0 fully saturated rings. The van der Waals surface area contributed by atoms with Crippen LogP contribution in [0.25, 0.3) is 0 Å². The second kappa shape index (κ2) is 36.1. The van der Waals surface area contributed by atoms with Crippen molar-refractivity contribution in [1.29, 1.82) is 0 Å². The van der Waals surface area contributed by atoms with Crippen LogP contribution in [0.15, 0.2) is 48.5 Å². The van der Waals surface area contributed by atoms with Crippen molar-refractivity contribution in [3.05, 3.63) is 70.8 Å². The van der Waals surface area contributed by atoms with Crippen LogP contribution in [0.1, 0.15) is 67.6 Å². The molecule has 0 heterocycles. The molecule has 0 aliphatic rings. The minimum atomic E-state index is 0. The Morgan fingerprint density at radius 2 is 1.26 bits per heavy atom. The van der Waals surface area contributed by atoms with Crippen molar-refractivity contribution in [3.63, 3.8) is 0 Å². The summed E-state index contributed by atoms with van der Waals surface area (Å²) in [5, 5.41) is 7.82. The number of hydrogen-bond donors (Lipinski definition) is 2. The van der Waals surface area contributed by atoms with Crippen LogP contribution in [-0.4, -0.2) is 42.4 Å². The summed E-state index contributed by atoms with van der Waals surface area (Å²) in [6.07, 6.45) is 7.38. The molecule has 2 aromatic rings. The molecule has 0 spiro atoms. The Balaban J connectivity index is -0.000000200. The number of carbonyl (C=O) groups excluding carboxylic acids is 1. The Morgan fingerprint density at radius 1 is 0.857 bits per heavy atom. The zero-order valence-corrected chi connectivity index (χ0v) is 34.2. The fourth-order valence-corrected chi connectivity index (χ4v) is 2.45. The molecular weight excluding hydrogens is 1120 g/mol. The van der Waals surface area contributed by atoms with Crippen LogP contribution in [0.4, 0.5) is 0 Å². The van der Waals surface area contributed by atoms with Gasteiger partial charge in [-0.1, -0.05) is 64.1 Å². The van der Waals surface area contributed by atoms with Gasteiger partial charge in [0.25, 0.3) is 0 Å². The van der Waals surface area contributed by atoms with Crippen LogP contribution >= 0.6 is 98.4 Å². The van der Waals surface area contributed by atoms with E-state index < -0.39 is 0 Å². The van der Waals surface area contributed by atoms with Crippen molar-refractivity contribution in [3.8, 4) is 0 Å². The van der Waals surface area contributed by atoms with E-state index in [2.05, 4.69) is 137 Å². The topological polar surface area (TPSA) is 52.3 Å². The number of nitrogens with zero attached hydrogens (tertiary/aromatic N) is 1. The molecule has 0 aliphatic heterocycles. The molecule has 10 heteroatoms. The van der Waals surface area contributed by atoms with E-state index in [9.17, 15) is 4.79 Å². The molecule has 0 radical (unpaired) electrons. The van der Waals surface area contributed by atoms with Gasteiger partial charge in [0.15, 0.2) is 6.21 Å². The predicted octanol–water partition coefficient (Wildman–Crippen LogP) is 6.32. The van der Waals surface area contributed by atoms with E-state index in [0.717, 1.165) is 37.7 Å². The van der Waals surface area contributed by atoms with Gasteiger partial charge in [-0.05, 0) is 42.5 Å². The first kappa shape index (κ1) is 44.1. The van der Waals surface area contributed by atoms with Gasteiger partial charge in [0, 0.05) is 61.3 Å². The number of nitrogens with one attached hydrogen (secondary N) is 1. The number of halogens is 6. The van der Waals surface area contributed by atoms with Gasteiger partial charge in [-0.25, -0.2) is 10.1 Å². The minimum absolute atomic E-state index is 0. The summed E-state index contributed by atoms with van der Waals surface area (Å²) in [4.78, 5) is 10.2. The number of benzene rings is 2. The number of rotatable bonds is 8. The first-order valence-electron chi connectivity index (χ1n) is 11.0. The van der Waals surface area contributed by atoms with Gasteiger partial charge >= 0.3 is 50.5 Å². The van der Waals surface area contributed by atoms with Crippen LogP contribution in [-0.2, 0) is 12.8 Å². The van der Waals surface area contributed by atoms with E-state index in [1.807, 2.05) is 36.7 Å². The van der Waals surface area contributed by atoms with Crippen molar-refractivity contribution in [2.45, 2.75) is 53.4 Å². The van der Waals surface area contributed by atoms with Gasteiger partial charge in [-0.15, -0.1) is 24.0 Å². The molecule has 204 valence electrons. The zero-order chi connectivity index (χ0) is 26.6. The van der Waals surface area contributed by atoms with Crippen LogP contribution in [0.2, 0.25) is 0 Å². The number of hydroxylamine groups is 1. The molecule has 2 rings (SSSR count). The van der Waals surface area contributed by atoms with Gasteiger partial charge < -0.3 is 5.21 Å². The van der Waals surface area contributed by atoms with Crippen molar-refractivity contribution in [2.24, 2.45) is 0 Å². The van der Waals surface area contributed by atoms with Crippen molar-refractivity contribution >= 4 is 111 Å². The predicted molar refractivity (Wildman–Crippen MR) is 195 cm³/mol. The third kappa shape index (κ3) is 30.5. The third-order valence-corrected chi connectivity index (χ3v) is 4.22. The molecule has 0 amide bonds. The molecule has 2 N–H and O–H groups in total. The van der Waals surface area contributed by atoms with E-state index in [4.69, 9.17) is 5.21 Å². The van der Waals surface area contributed by atoms with Crippen LogP contribution in [0.5, 0.6) is 0 Å². The summed E-state index contributed by atoms with van der Waals surface area (Å²) in [5.74, 6) is 0. The molecule has 0 aromatic heterocycles. The first-order valence-corrected chi connectivity index (χ1v) is 29.9. The summed E-state index contributed by atoms with van der Waals surface area (Å²) < 4.78 is 2.24. The molecule has 0 bridgehead atoms. The molecule has 4 nitrogen and oxygen atoms in total. The molecule has 35 heavy (non-hydrogen) atoms. The Labute approximate surface area is 284 Å². The van der Waals surface area contributed by atoms with Gasteiger partial charge in [-0.2, -0.15) is 0 Å². The van der Waals surface area contributed by atoms with Crippen LogP contribution in [0, 0.1) is 0 Å². The molecule has 2 aromatic carbocycles. The van der Waals surface area contributed by atoms with E-state index in [1.54, 1.807) is 0 Å². The number of aldehydes is 1. The Kier molecular flexibility index (Phi) is 45.5. The maximum atomic E-state index is 10.2. The number of aryl methyl sites for hydroxylation is 2. The monoisotopic (exact) mass is 1160 g/mol. The van der Waals surface area contributed by atoms with E-state index in [-0.39, 0.29) is 24.0 Å². The molecule has 0 aliphatic carbocycles. The van der Waals surface area contributed by atoms with E-state index in [0.29, 0.717) is 19.8 Å². The number of hydrogen-bond acceptors (Lipinski definition) is 3. The second-order valence-corrected chi connectivity index (χ2v) is 23.1. The normalized spacial score (nSPS) is 9.37. The molecule has 0 saturated heterocycles. The molecular formula is C25H40I6N2O2. The van der Waals surface area contributed by atoms with Crippen molar-refractivity contribution < 1.29 is 27.8 Å². The molecule has 0 atom stereocenters. The van der Waals surface area contributed by atoms with Crippen LogP contribution < -0.4 is 18.7 Å². The van der Waals surface area contributed by atoms with E-state index >= 15 is 0 Å². The maximum absolute atomic E-state index is 10.2. The number of carbonyl (C=O) groups is 1. The summed E-state index contributed by atoms with van der Waals surface area (Å²) in [5.41, 5.74) is 6.73. The van der Waals surface area contributed by atoms with Crippen molar-refractivity contribution in [2.75, 3.05) is 20.1 Å². The Hall–Kier alpha value is 2.08. The standard InChI is InChI=1S/C13H20N.C9H10O.C3H9NO.I3.I2.HI/c1-4-10-14(3)11-13-8-6-12(5-2)7-9-13;1-2-8-3-5-9(7-10)6-4-8;1-2-3-4-5;1-3-2;1-2;/h6-9,11H,4-5,10H2,1-3H3;3-7H,2H2,1H3;4-5H,2-3H2,1H3;;;1H/q+1;;;-1;;. The molecule has 0 saturated carbocycles. The third-order valence-electron chi connectivity index (χ3n) is 4.22. The SMILES string of the molecule is CCCNO.CCC[N+](C)=Cc1ccc(CC)cc1.CCc1ccc(C=O)cc1.I.II.I[I-]I. The fourth-order valence-electron chi connectivity index (χ4n) is 2.45. The van der Waals surface area contributed by atoms with Gasteiger partial charge in [0.2, 0.25) is 0 Å². The summed E-state index contributed by atoms with van der Waals surface area (Å²) in [6, 6.07) is 16.4. The zero-order valence-electron chi connectivity index (χ0n) is 21.1.